The highest BCUT2D eigenvalue weighted by Gasteiger charge is 2.25. The molecule has 4 unspecified atom stereocenters. The maximum absolute atomic E-state index is 13.7. The van der Waals surface area contributed by atoms with Crippen LogP contribution >= 0.6 is 8.58 Å². The summed E-state index contributed by atoms with van der Waals surface area (Å²) >= 11 is 0. The van der Waals surface area contributed by atoms with Crippen LogP contribution in [0.1, 0.15) is 68.6 Å². The Bertz CT molecular complexity index is 989. The molecule has 0 radical (unpaired) electrons. The highest BCUT2D eigenvalue weighted by molar-refractivity contribution is 7.66. The Labute approximate surface area is 217 Å². The van der Waals surface area contributed by atoms with E-state index in [0.29, 0.717) is 28.1 Å². The summed E-state index contributed by atoms with van der Waals surface area (Å²) in [5.41, 5.74) is 3.80. The van der Waals surface area contributed by atoms with Gasteiger partial charge in [-0.3, -0.25) is 4.79 Å². The predicted molar refractivity (Wildman–Crippen MR) is 145 cm³/mol. The van der Waals surface area contributed by atoms with E-state index in [1.165, 1.54) is 5.56 Å². The van der Waals surface area contributed by atoms with Crippen LogP contribution in [0.2, 0.25) is 0 Å². The lowest BCUT2D eigenvalue weighted by atomic mass is 9.84. The third-order valence-electron chi connectivity index (χ3n) is 5.79. The molecule has 0 heterocycles. The Morgan fingerprint density at radius 2 is 1.17 bits per heavy atom. The Hall–Kier alpha value is -2.18. The minimum Gasteiger partial charge on any atom is -0.465 e. The number of carbonyl (C=O) groups excluding carboxylic acids is 1. The van der Waals surface area contributed by atoms with Crippen LogP contribution in [0.5, 0.6) is 17.2 Å². The average molecular weight is 521 g/mol. The molecule has 0 aromatic heterocycles. The van der Waals surface area contributed by atoms with Crippen molar-refractivity contribution in [2.24, 2.45) is 0 Å². The molecular formula is C28H41O7P. The van der Waals surface area contributed by atoms with E-state index in [4.69, 9.17) is 28.4 Å². The standard InChI is InChI=1S/C28H41O7P/c1-16-12-21(28(6,7)8)13-17(2)25(16)27(29)36-26-23(34-19(4)31-10)14-22(33-18(3)30-9)15-24(26)35-20(5)32-11/h12-15,18-20,36H,1-11H3. The van der Waals surface area contributed by atoms with Gasteiger partial charge in [0.25, 0.3) is 0 Å². The fourth-order valence-electron chi connectivity index (χ4n) is 3.57. The molecule has 0 N–H and O–H groups in total. The molecule has 36 heavy (non-hydrogen) atoms. The highest BCUT2D eigenvalue weighted by atomic mass is 31.1. The molecular weight excluding hydrogens is 479 g/mol. The van der Waals surface area contributed by atoms with Crippen LogP contribution in [0.15, 0.2) is 24.3 Å². The number of benzene rings is 2. The van der Waals surface area contributed by atoms with Crippen molar-refractivity contribution in [3.8, 4) is 17.2 Å². The number of ether oxygens (including phenoxy) is 6. The van der Waals surface area contributed by atoms with Gasteiger partial charge in [-0.25, -0.2) is 0 Å². The van der Waals surface area contributed by atoms with Crippen molar-refractivity contribution >= 4 is 19.4 Å². The minimum atomic E-state index is -0.555. The molecule has 0 aliphatic heterocycles. The van der Waals surface area contributed by atoms with Gasteiger partial charge < -0.3 is 28.4 Å². The first kappa shape index (κ1) is 30.0. The summed E-state index contributed by atoms with van der Waals surface area (Å²) in [5, 5.41) is 0.615. The lowest BCUT2D eigenvalue weighted by molar-refractivity contribution is -0.0458. The van der Waals surface area contributed by atoms with Gasteiger partial charge in [0.1, 0.15) is 17.2 Å². The Balaban J connectivity index is 2.61. The molecule has 7 nitrogen and oxygen atoms in total. The molecule has 2 aromatic rings. The van der Waals surface area contributed by atoms with E-state index in [0.717, 1.165) is 11.1 Å². The number of aryl methyl sites for hydroxylation is 2. The Morgan fingerprint density at radius 3 is 1.56 bits per heavy atom. The summed E-state index contributed by atoms with van der Waals surface area (Å²) in [4.78, 5) is 13.7. The maximum Gasteiger partial charge on any atom is 0.196 e. The van der Waals surface area contributed by atoms with Crippen molar-refractivity contribution in [2.75, 3.05) is 21.3 Å². The second kappa shape index (κ2) is 12.9. The lowest BCUT2D eigenvalue weighted by Crippen LogP contribution is -2.23. The van der Waals surface area contributed by atoms with E-state index < -0.39 is 18.9 Å². The van der Waals surface area contributed by atoms with Gasteiger partial charge in [-0.05, 0) is 65.3 Å². The van der Waals surface area contributed by atoms with Crippen LogP contribution < -0.4 is 19.5 Å². The van der Waals surface area contributed by atoms with E-state index >= 15 is 0 Å². The molecule has 4 atom stereocenters. The fourth-order valence-corrected chi connectivity index (χ4v) is 4.82. The monoisotopic (exact) mass is 520 g/mol. The second-order valence-corrected chi connectivity index (χ2v) is 11.0. The normalized spacial score (nSPS) is 14.5. The SMILES string of the molecule is COC(C)Oc1cc(OC(C)OC)c(PC(=O)c2c(C)cc(C(C)(C)C)cc2C)c(OC(C)OC)c1. The zero-order valence-corrected chi connectivity index (χ0v) is 24.4. The van der Waals surface area contributed by atoms with E-state index in [2.05, 4.69) is 32.9 Å². The molecule has 0 fully saturated rings. The summed E-state index contributed by atoms with van der Waals surface area (Å²) in [7, 11) is 4.41. The van der Waals surface area contributed by atoms with Crippen LogP contribution in [0, 0.1) is 13.8 Å². The molecule has 0 saturated carbocycles. The first-order valence-electron chi connectivity index (χ1n) is 12.0. The topological polar surface area (TPSA) is 72.5 Å². The quantitative estimate of drug-likeness (QED) is 0.256. The number of methoxy groups -OCH3 is 3. The van der Waals surface area contributed by atoms with E-state index in [9.17, 15) is 4.79 Å². The summed E-state index contributed by atoms with van der Waals surface area (Å²) < 4.78 is 33.9. The zero-order valence-electron chi connectivity index (χ0n) is 23.4. The summed E-state index contributed by atoms with van der Waals surface area (Å²) in [6.45, 7) is 15.8. The van der Waals surface area contributed by atoms with Crippen molar-refractivity contribution in [2.45, 2.75) is 79.7 Å². The van der Waals surface area contributed by atoms with Gasteiger partial charge in [0.05, 0.1) is 5.30 Å². The van der Waals surface area contributed by atoms with Gasteiger partial charge in [0.15, 0.2) is 24.4 Å². The van der Waals surface area contributed by atoms with Crippen LogP contribution in [0.25, 0.3) is 0 Å². The van der Waals surface area contributed by atoms with Crippen LogP contribution in [0.4, 0.5) is 0 Å². The third-order valence-corrected chi connectivity index (χ3v) is 7.01. The molecule has 2 rings (SSSR count). The molecule has 0 spiro atoms. The van der Waals surface area contributed by atoms with Crippen molar-refractivity contribution in [3.63, 3.8) is 0 Å². The van der Waals surface area contributed by atoms with Gasteiger partial charge >= 0.3 is 0 Å². The number of hydrogen-bond acceptors (Lipinski definition) is 7. The number of hydrogen-bond donors (Lipinski definition) is 0. The number of carbonyl (C=O) groups is 1. The first-order chi connectivity index (χ1) is 16.8. The van der Waals surface area contributed by atoms with E-state index in [-0.39, 0.29) is 19.5 Å². The van der Waals surface area contributed by atoms with Crippen molar-refractivity contribution < 1.29 is 33.2 Å². The molecule has 2 aromatic carbocycles. The minimum absolute atomic E-state index is 0.00535. The second-order valence-electron chi connectivity index (χ2n) is 9.75. The van der Waals surface area contributed by atoms with Gasteiger partial charge in [0.2, 0.25) is 0 Å². The molecule has 0 bridgehead atoms. The molecule has 8 heteroatoms. The highest BCUT2D eigenvalue weighted by Crippen LogP contribution is 2.37. The lowest BCUT2D eigenvalue weighted by Gasteiger charge is -2.24. The van der Waals surface area contributed by atoms with E-state index in [1.54, 1.807) is 54.2 Å². The average Bonchev–Trinajstić information content (AvgIpc) is 2.79. The predicted octanol–water partition coefficient (Wildman–Crippen LogP) is 5.86. The molecule has 0 saturated heterocycles. The van der Waals surface area contributed by atoms with Gasteiger partial charge in [-0.15, -0.1) is 0 Å². The third kappa shape index (κ3) is 7.91. The van der Waals surface area contributed by atoms with Gasteiger partial charge in [-0.1, -0.05) is 32.9 Å². The van der Waals surface area contributed by atoms with E-state index in [1.807, 2.05) is 13.8 Å². The van der Waals surface area contributed by atoms with Crippen LogP contribution in [0.3, 0.4) is 0 Å². The van der Waals surface area contributed by atoms with Crippen LogP contribution in [-0.2, 0) is 19.6 Å². The molecule has 0 aliphatic carbocycles. The van der Waals surface area contributed by atoms with Crippen LogP contribution in [-0.4, -0.2) is 45.7 Å². The molecule has 0 aliphatic rings. The zero-order chi connectivity index (χ0) is 27.2. The van der Waals surface area contributed by atoms with Crippen molar-refractivity contribution in [1.29, 1.82) is 0 Å². The number of rotatable bonds is 12. The summed E-state index contributed by atoms with van der Waals surface area (Å²) in [5.74, 6) is 1.36. The largest absolute Gasteiger partial charge is 0.465 e. The van der Waals surface area contributed by atoms with Crippen molar-refractivity contribution in [3.05, 3.63) is 46.5 Å². The Morgan fingerprint density at radius 1 is 0.750 bits per heavy atom. The summed E-state index contributed by atoms with van der Waals surface area (Å²) in [6.07, 6.45) is -1.60. The van der Waals surface area contributed by atoms with Gasteiger partial charge in [-0.2, -0.15) is 0 Å². The van der Waals surface area contributed by atoms with Gasteiger partial charge in [0, 0.05) is 39.0 Å². The maximum atomic E-state index is 13.7. The summed E-state index contributed by atoms with van der Waals surface area (Å²) in [6, 6.07) is 7.66. The first-order valence-corrected chi connectivity index (χ1v) is 13.0. The molecule has 0 amide bonds. The Kier molecular flexibility index (Phi) is 10.7. The smallest absolute Gasteiger partial charge is 0.196 e. The fraction of sp³-hybridized carbons (Fsp3) is 0.536. The van der Waals surface area contributed by atoms with Crippen molar-refractivity contribution in [1.82, 2.24) is 0 Å². The molecule has 200 valence electrons.